The van der Waals surface area contributed by atoms with Gasteiger partial charge >= 0.3 is 0 Å². The van der Waals surface area contributed by atoms with Gasteiger partial charge in [-0.05, 0) is 32.2 Å². The Labute approximate surface area is 101 Å². The summed E-state index contributed by atoms with van der Waals surface area (Å²) in [5, 5.41) is 4.83. The highest BCUT2D eigenvalue weighted by Crippen LogP contribution is 2.26. The molecule has 88 valence electrons. The monoisotopic (exact) mass is 237 g/mol. The van der Waals surface area contributed by atoms with E-state index in [9.17, 15) is 0 Å². The number of nitrogens with zero attached hydrogens (tertiary/aromatic N) is 2. The second kappa shape index (κ2) is 4.43. The summed E-state index contributed by atoms with van der Waals surface area (Å²) in [4.78, 5) is 8.32. The van der Waals surface area contributed by atoms with E-state index in [2.05, 4.69) is 22.1 Å². The molecule has 0 spiro atoms. The summed E-state index contributed by atoms with van der Waals surface area (Å²) < 4.78 is 0. The Hall–Kier alpha value is -0.450. The predicted molar refractivity (Wildman–Crippen MR) is 66.6 cm³/mol. The van der Waals surface area contributed by atoms with Gasteiger partial charge in [0.1, 0.15) is 0 Å². The van der Waals surface area contributed by atoms with E-state index >= 15 is 0 Å². The molecule has 4 heteroatoms. The number of rotatable bonds is 2. The van der Waals surface area contributed by atoms with Gasteiger partial charge in [-0.2, -0.15) is 0 Å². The Balaban J connectivity index is 1.61. The molecule has 0 saturated carbocycles. The molecule has 3 heterocycles. The smallest absolute Gasteiger partial charge is 0.0897 e. The highest BCUT2D eigenvalue weighted by atomic mass is 32.1. The van der Waals surface area contributed by atoms with E-state index in [4.69, 9.17) is 0 Å². The Morgan fingerprint density at radius 3 is 3.25 bits per heavy atom. The van der Waals surface area contributed by atoms with Crippen molar-refractivity contribution < 1.29 is 0 Å². The molecule has 3 nitrogen and oxygen atoms in total. The first-order valence-corrected chi connectivity index (χ1v) is 7.00. The third-order valence-electron chi connectivity index (χ3n) is 3.72. The zero-order valence-corrected chi connectivity index (χ0v) is 10.6. The molecule has 1 aromatic heterocycles. The molecule has 3 rings (SSSR count). The average molecular weight is 237 g/mol. The second-order valence-corrected chi connectivity index (χ2v) is 6.32. The van der Waals surface area contributed by atoms with E-state index in [1.807, 2.05) is 17.5 Å². The molecule has 0 radical (unpaired) electrons. The Bertz CT molecular complexity index is 349. The molecule has 2 fully saturated rings. The number of thiazole rings is 1. The summed E-state index contributed by atoms with van der Waals surface area (Å²) in [5.74, 6) is 0.891. The van der Waals surface area contributed by atoms with Crippen molar-refractivity contribution in [3.05, 3.63) is 16.1 Å². The number of nitrogens with one attached hydrogen (secondary N) is 1. The maximum atomic E-state index is 4.33. The fourth-order valence-corrected chi connectivity index (χ4v) is 3.80. The van der Waals surface area contributed by atoms with Crippen molar-refractivity contribution in [3.8, 4) is 0 Å². The van der Waals surface area contributed by atoms with Crippen LogP contribution in [0.4, 0.5) is 0 Å². The normalized spacial score (nSPS) is 30.6. The summed E-state index contributed by atoms with van der Waals surface area (Å²) in [6.45, 7) is 6.89. The van der Waals surface area contributed by atoms with Crippen LogP contribution < -0.4 is 5.32 Å². The van der Waals surface area contributed by atoms with Crippen molar-refractivity contribution in [2.24, 2.45) is 5.92 Å². The molecule has 2 aliphatic rings. The quantitative estimate of drug-likeness (QED) is 0.847. The molecule has 16 heavy (non-hydrogen) atoms. The minimum atomic E-state index is 0.753. The third-order valence-corrected chi connectivity index (χ3v) is 4.62. The fourth-order valence-electron chi connectivity index (χ4n) is 2.96. The van der Waals surface area contributed by atoms with E-state index in [0.29, 0.717) is 0 Å². The van der Waals surface area contributed by atoms with Gasteiger partial charge < -0.3 is 5.32 Å². The van der Waals surface area contributed by atoms with Crippen LogP contribution in [0.2, 0.25) is 0 Å². The number of likely N-dealkylation sites (tertiary alicyclic amines) is 1. The van der Waals surface area contributed by atoms with Crippen LogP contribution in [-0.2, 0) is 6.54 Å². The summed E-state index contributed by atoms with van der Waals surface area (Å²) in [7, 11) is 0. The lowest BCUT2D eigenvalue weighted by atomic mass is 9.94. The predicted octanol–water partition coefficient (Wildman–Crippen LogP) is 1.64. The molecule has 0 aromatic carbocycles. The third kappa shape index (κ3) is 2.14. The van der Waals surface area contributed by atoms with E-state index in [1.165, 1.54) is 42.4 Å². The van der Waals surface area contributed by atoms with Gasteiger partial charge in [0.05, 0.1) is 5.01 Å². The SMILES string of the molecule is Cc1ncc(CN2CC3CCCNC3C2)s1. The maximum Gasteiger partial charge on any atom is 0.0897 e. The first-order chi connectivity index (χ1) is 7.81. The van der Waals surface area contributed by atoms with E-state index in [0.717, 1.165) is 18.5 Å². The van der Waals surface area contributed by atoms with E-state index in [1.54, 1.807) is 0 Å². The molecule has 1 aromatic rings. The van der Waals surface area contributed by atoms with Crippen LogP contribution in [0, 0.1) is 12.8 Å². The highest BCUT2D eigenvalue weighted by molar-refractivity contribution is 7.11. The lowest BCUT2D eigenvalue weighted by molar-refractivity contribution is 0.315. The molecule has 2 saturated heterocycles. The number of aryl methyl sites for hydroxylation is 1. The van der Waals surface area contributed by atoms with Crippen LogP contribution in [-0.4, -0.2) is 35.6 Å². The van der Waals surface area contributed by atoms with E-state index in [-0.39, 0.29) is 0 Å². The van der Waals surface area contributed by atoms with Gasteiger partial charge in [-0.25, -0.2) is 4.98 Å². The summed E-state index contributed by atoms with van der Waals surface area (Å²) in [6.07, 6.45) is 4.81. The average Bonchev–Trinajstić information content (AvgIpc) is 2.84. The van der Waals surface area contributed by atoms with Crippen molar-refractivity contribution >= 4 is 11.3 Å². The minimum Gasteiger partial charge on any atom is -0.312 e. The van der Waals surface area contributed by atoms with Crippen LogP contribution in [0.3, 0.4) is 0 Å². The van der Waals surface area contributed by atoms with Gasteiger partial charge in [0, 0.05) is 36.8 Å². The Morgan fingerprint density at radius 2 is 2.50 bits per heavy atom. The van der Waals surface area contributed by atoms with Crippen molar-refractivity contribution in [1.82, 2.24) is 15.2 Å². The van der Waals surface area contributed by atoms with Gasteiger partial charge in [-0.1, -0.05) is 0 Å². The summed E-state index contributed by atoms with van der Waals surface area (Å²) in [6, 6.07) is 0.753. The molecule has 0 amide bonds. The number of aromatic nitrogens is 1. The highest BCUT2D eigenvalue weighted by Gasteiger charge is 2.33. The maximum absolute atomic E-state index is 4.33. The van der Waals surface area contributed by atoms with Crippen LogP contribution in [0.25, 0.3) is 0 Å². The van der Waals surface area contributed by atoms with Gasteiger partial charge in [-0.3, -0.25) is 4.90 Å². The molecule has 2 aliphatic heterocycles. The van der Waals surface area contributed by atoms with Gasteiger partial charge in [0.2, 0.25) is 0 Å². The zero-order valence-electron chi connectivity index (χ0n) is 9.78. The minimum absolute atomic E-state index is 0.753. The van der Waals surface area contributed by atoms with Crippen molar-refractivity contribution in [2.45, 2.75) is 32.4 Å². The second-order valence-electron chi connectivity index (χ2n) is 5.00. The molecular weight excluding hydrogens is 218 g/mol. The number of fused-ring (bicyclic) bond motifs is 1. The van der Waals surface area contributed by atoms with Crippen molar-refractivity contribution in [3.63, 3.8) is 0 Å². The molecule has 0 bridgehead atoms. The molecule has 2 atom stereocenters. The first kappa shape index (κ1) is 10.7. The van der Waals surface area contributed by atoms with Crippen LogP contribution in [0.15, 0.2) is 6.20 Å². The van der Waals surface area contributed by atoms with E-state index < -0.39 is 0 Å². The molecule has 2 unspecified atom stereocenters. The van der Waals surface area contributed by atoms with Crippen LogP contribution in [0.1, 0.15) is 22.7 Å². The number of hydrogen-bond donors (Lipinski definition) is 1. The molecule has 0 aliphatic carbocycles. The standard InChI is InChI=1S/C12H19N3S/c1-9-14-5-11(16-9)7-15-6-10-3-2-4-13-12(10)8-15/h5,10,12-13H,2-4,6-8H2,1H3. The first-order valence-electron chi connectivity index (χ1n) is 6.18. The van der Waals surface area contributed by atoms with Gasteiger partial charge in [0.15, 0.2) is 0 Å². The molecular formula is C12H19N3S. The largest absolute Gasteiger partial charge is 0.312 e. The topological polar surface area (TPSA) is 28.2 Å². The lowest BCUT2D eigenvalue weighted by Gasteiger charge is -2.24. The van der Waals surface area contributed by atoms with Gasteiger partial charge in [0.25, 0.3) is 0 Å². The lowest BCUT2D eigenvalue weighted by Crippen LogP contribution is -2.40. The van der Waals surface area contributed by atoms with Gasteiger partial charge in [-0.15, -0.1) is 11.3 Å². The fraction of sp³-hybridized carbons (Fsp3) is 0.750. The van der Waals surface area contributed by atoms with Crippen molar-refractivity contribution in [2.75, 3.05) is 19.6 Å². The van der Waals surface area contributed by atoms with Crippen LogP contribution >= 0.6 is 11.3 Å². The van der Waals surface area contributed by atoms with Crippen molar-refractivity contribution in [1.29, 1.82) is 0 Å². The summed E-state index contributed by atoms with van der Waals surface area (Å²) in [5.41, 5.74) is 0. The molecule has 1 N–H and O–H groups in total. The summed E-state index contributed by atoms with van der Waals surface area (Å²) >= 11 is 1.83. The Kier molecular flexibility index (Phi) is 2.96. The number of piperidine rings is 1. The Morgan fingerprint density at radius 1 is 1.56 bits per heavy atom. The zero-order chi connectivity index (χ0) is 11.0. The van der Waals surface area contributed by atoms with Crippen LogP contribution in [0.5, 0.6) is 0 Å². The number of hydrogen-bond acceptors (Lipinski definition) is 4.